The third-order valence-electron chi connectivity index (χ3n) is 2.10. The number of esters is 1. The molecule has 17 heavy (non-hydrogen) atoms. The van der Waals surface area contributed by atoms with E-state index < -0.39 is 5.97 Å². The fourth-order valence-corrected chi connectivity index (χ4v) is 2.38. The van der Waals surface area contributed by atoms with Crippen LogP contribution in [0.2, 0.25) is 0 Å². The molecule has 1 aromatic rings. The summed E-state index contributed by atoms with van der Waals surface area (Å²) >= 11 is 6.22. The molecule has 88 valence electrons. The minimum Gasteiger partial charge on any atom is -0.425 e. The van der Waals surface area contributed by atoms with Crippen LogP contribution in [0, 0.1) is 0 Å². The Kier molecular flexibility index (Phi) is 3.75. The van der Waals surface area contributed by atoms with Crippen LogP contribution in [-0.2, 0) is 9.59 Å². The van der Waals surface area contributed by atoms with Crippen LogP contribution in [0.3, 0.4) is 0 Å². The summed E-state index contributed by atoms with van der Waals surface area (Å²) < 4.78 is 5.50. The van der Waals surface area contributed by atoms with E-state index in [9.17, 15) is 9.59 Å². The van der Waals surface area contributed by atoms with Crippen LogP contribution in [0.4, 0.5) is 0 Å². The van der Waals surface area contributed by atoms with Gasteiger partial charge in [-0.2, -0.15) is 0 Å². The van der Waals surface area contributed by atoms with Crippen molar-refractivity contribution in [3.05, 3.63) is 30.3 Å². The Bertz CT molecular complexity index is 445. The van der Waals surface area contributed by atoms with Crippen molar-refractivity contribution in [1.82, 2.24) is 4.90 Å². The largest absolute Gasteiger partial charge is 0.425 e. The zero-order chi connectivity index (χ0) is 12.3. The first-order valence-corrected chi connectivity index (χ1v) is 6.29. The molecule has 0 N–H and O–H groups in total. The third kappa shape index (κ3) is 3.04. The zero-order valence-electron chi connectivity index (χ0n) is 8.79. The average molecular weight is 267 g/mol. The standard InChI is InChI=1S/C11H9NO3S2/c13-9-7-17-11(16)12(9)6-10(14)15-8-4-2-1-3-5-8/h1-5H,6-7H2. The number of nitrogens with zero attached hydrogens (tertiary/aromatic N) is 1. The highest BCUT2D eigenvalue weighted by atomic mass is 32.2. The molecule has 2 rings (SSSR count). The van der Waals surface area contributed by atoms with E-state index in [2.05, 4.69) is 0 Å². The highest BCUT2D eigenvalue weighted by Gasteiger charge is 2.28. The first-order chi connectivity index (χ1) is 8.16. The molecule has 1 aliphatic rings. The van der Waals surface area contributed by atoms with Crippen molar-refractivity contribution in [2.24, 2.45) is 0 Å². The van der Waals surface area contributed by atoms with Crippen LogP contribution in [0.5, 0.6) is 5.75 Å². The molecule has 0 unspecified atom stereocenters. The lowest BCUT2D eigenvalue weighted by atomic mass is 10.3. The highest BCUT2D eigenvalue weighted by Crippen LogP contribution is 2.19. The van der Waals surface area contributed by atoms with E-state index >= 15 is 0 Å². The minimum absolute atomic E-state index is 0.125. The molecule has 6 heteroatoms. The van der Waals surface area contributed by atoms with E-state index in [0.717, 1.165) is 0 Å². The van der Waals surface area contributed by atoms with Gasteiger partial charge in [0.25, 0.3) is 0 Å². The van der Waals surface area contributed by atoms with Gasteiger partial charge in [0, 0.05) is 0 Å². The number of carbonyl (C=O) groups is 2. The van der Waals surface area contributed by atoms with Crippen molar-refractivity contribution in [3.63, 3.8) is 0 Å². The molecule has 1 amide bonds. The van der Waals surface area contributed by atoms with Gasteiger partial charge in [-0.3, -0.25) is 9.69 Å². The molecule has 0 aromatic heterocycles. The first kappa shape index (κ1) is 12.1. The molecule has 1 saturated heterocycles. The number of rotatable bonds is 3. The molecular weight excluding hydrogens is 258 g/mol. The normalized spacial score (nSPS) is 15.2. The number of hydrogen-bond acceptors (Lipinski definition) is 5. The lowest BCUT2D eigenvalue weighted by molar-refractivity contribution is -0.138. The fourth-order valence-electron chi connectivity index (χ4n) is 1.32. The molecule has 1 aromatic carbocycles. The van der Waals surface area contributed by atoms with Crippen LogP contribution in [0.1, 0.15) is 0 Å². The number of carbonyl (C=O) groups excluding carboxylic acids is 2. The number of amides is 1. The maximum Gasteiger partial charge on any atom is 0.331 e. The summed E-state index contributed by atoms with van der Waals surface area (Å²) in [7, 11) is 0. The molecule has 1 aliphatic heterocycles. The van der Waals surface area contributed by atoms with Crippen LogP contribution in [0.25, 0.3) is 0 Å². The van der Waals surface area contributed by atoms with Gasteiger partial charge in [-0.15, -0.1) is 0 Å². The minimum atomic E-state index is -0.491. The number of para-hydroxylation sites is 1. The Morgan fingerprint density at radius 3 is 2.71 bits per heavy atom. The quantitative estimate of drug-likeness (QED) is 0.471. The second-order valence-corrected chi connectivity index (χ2v) is 4.93. The van der Waals surface area contributed by atoms with Crippen molar-refractivity contribution >= 4 is 40.2 Å². The van der Waals surface area contributed by atoms with Gasteiger partial charge < -0.3 is 4.74 Å². The van der Waals surface area contributed by atoms with Gasteiger partial charge in [0.1, 0.15) is 16.6 Å². The SMILES string of the molecule is O=C(CN1C(=O)CSC1=S)Oc1ccccc1. The molecule has 0 bridgehead atoms. The predicted octanol–water partition coefficient (Wildman–Crippen LogP) is 1.45. The Hall–Kier alpha value is -1.40. The first-order valence-electron chi connectivity index (χ1n) is 4.89. The van der Waals surface area contributed by atoms with E-state index in [0.29, 0.717) is 15.8 Å². The summed E-state index contributed by atoms with van der Waals surface area (Å²) in [5.41, 5.74) is 0. The van der Waals surface area contributed by atoms with E-state index in [1.165, 1.54) is 16.7 Å². The van der Waals surface area contributed by atoms with E-state index in [-0.39, 0.29) is 12.5 Å². The number of thioether (sulfide) groups is 1. The van der Waals surface area contributed by atoms with Crippen LogP contribution in [0.15, 0.2) is 30.3 Å². The van der Waals surface area contributed by atoms with Gasteiger partial charge in [-0.1, -0.05) is 42.2 Å². The maximum atomic E-state index is 11.6. The Morgan fingerprint density at radius 1 is 1.41 bits per heavy atom. The Morgan fingerprint density at radius 2 is 2.12 bits per heavy atom. The Balaban J connectivity index is 1.94. The summed E-state index contributed by atoms with van der Waals surface area (Å²) in [4.78, 5) is 24.2. The van der Waals surface area contributed by atoms with Gasteiger partial charge in [0.15, 0.2) is 0 Å². The highest BCUT2D eigenvalue weighted by molar-refractivity contribution is 8.23. The molecule has 4 nitrogen and oxygen atoms in total. The fraction of sp³-hybridized carbons (Fsp3) is 0.182. The predicted molar refractivity (Wildman–Crippen MR) is 68.8 cm³/mol. The summed E-state index contributed by atoms with van der Waals surface area (Å²) in [6.45, 7) is -0.125. The molecule has 0 aliphatic carbocycles. The van der Waals surface area contributed by atoms with Crippen molar-refractivity contribution in [2.75, 3.05) is 12.3 Å². The van der Waals surface area contributed by atoms with Gasteiger partial charge in [0.05, 0.1) is 5.75 Å². The zero-order valence-corrected chi connectivity index (χ0v) is 10.4. The van der Waals surface area contributed by atoms with E-state index in [4.69, 9.17) is 17.0 Å². The molecule has 1 fully saturated rings. The maximum absolute atomic E-state index is 11.6. The second-order valence-electron chi connectivity index (χ2n) is 3.32. The van der Waals surface area contributed by atoms with E-state index in [1.807, 2.05) is 6.07 Å². The molecule has 0 radical (unpaired) electrons. The Labute approximate surface area is 108 Å². The van der Waals surface area contributed by atoms with E-state index in [1.54, 1.807) is 24.3 Å². The topological polar surface area (TPSA) is 46.6 Å². The van der Waals surface area contributed by atoms with Crippen molar-refractivity contribution in [2.45, 2.75) is 0 Å². The monoisotopic (exact) mass is 267 g/mol. The van der Waals surface area contributed by atoms with Crippen LogP contribution < -0.4 is 4.74 Å². The van der Waals surface area contributed by atoms with Crippen LogP contribution >= 0.6 is 24.0 Å². The third-order valence-corrected chi connectivity index (χ3v) is 3.54. The molecular formula is C11H9NO3S2. The number of thiocarbonyl (C=S) groups is 1. The number of benzene rings is 1. The van der Waals surface area contributed by atoms with Crippen molar-refractivity contribution in [3.8, 4) is 5.75 Å². The summed E-state index contributed by atoms with van der Waals surface area (Å²) in [5, 5.41) is 0. The molecule has 0 spiro atoms. The van der Waals surface area contributed by atoms with Crippen molar-refractivity contribution in [1.29, 1.82) is 0 Å². The molecule has 0 saturated carbocycles. The smallest absolute Gasteiger partial charge is 0.331 e. The number of hydrogen-bond donors (Lipinski definition) is 0. The van der Waals surface area contributed by atoms with Gasteiger partial charge in [0.2, 0.25) is 5.91 Å². The summed E-state index contributed by atoms with van der Waals surface area (Å²) in [5.74, 6) is 0.124. The molecule has 0 atom stereocenters. The van der Waals surface area contributed by atoms with Crippen molar-refractivity contribution < 1.29 is 14.3 Å². The average Bonchev–Trinajstić information content (AvgIpc) is 2.62. The lowest BCUT2D eigenvalue weighted by Gasteiger charge is -2.13. The molecule has 1 heterocycles. The van der Waals surface area contributed by atoms with Gasteiger partial charge in [-0.25, -0.2) is 4.79 Å². The summed E-state index contributed by atoms with van der Waals surface area (Å²) in [6.07, 6.45) is 0. The van der Waals surface area contributed by atoms with Crippen LogP contribution in [-0.4, -0.2) is 33.4 Å². The summed E-state index contributed by atoms with van der Waals surface area (Å²) in [6, 6.07) is 8.72. The van der Waals surface area contributed by atoms with Gasteiger partial charge >= 0.3 is 5.97 Å². The van der Waals surface area contributed by atoms with Gasteiger partial charge in [-0.05, 0) is 12.1 Å². The second kappa shape index (κ2) is 5.29. The lowest BCUT2D eigenvalue weighted by Crippen LogP contribution is -2.35. The number of ether oxygens (including phenoxy) is 1.